The summed E-state index contributed by atoms with van der Waals surface area (Å²) >= 11 is 0. The minimum atomic E-state index is -0.212. The van der Waals surface area contributed by atoms with E-state index in [0.29, 0.717) is 25.2 Å². The highest BCUT2D eigenvalue weighted by atomic mass is 16.1. The summed E-state index contributed by atoms with van der Waals surface area (Å²) < 4.78 is 1.56. The highest BCUT2D eigenvalue weighted by Crippen LogP contribution is 1.93. The first-order chi connectivity index (χ1) is 7.24. The average Bonchev–Trinajstić information content (AvgIpc) is 2.64. The number of carbonyl (C=O) groups excluding carboxylic acids is 1. The van der Waals surface area contributed by atoms with Crippen LogP contribution >= 0.6 is 0 Å². The molecule has 0 atom stereocenters. The molecule has 1 aromatic heterocycles. The molecule has 80 valence electrons. The van der Waals surface area contributed by atoms with Crippen LogP contribution in [0, 0.1) is 0 Å². The Labute approximate surface area is 86.7 Å². The average molecular weight is 208 g/mol. The molecule has 7 nitrogen and oxygen atoms in total. The van der Waals surface area contributed by atoms with Gasteiger partial charge < -0.3 is 5.32 Å². The molecular formula is C8H12N6O. The van der Waals surface area contributed by atoms with E-state index in [1.165, 1.54) is 0 Å². The predicted molar refractivity (Wildman–Crippen MR) is 54.2 cm³/mol. The summed E-state index contributed by atoms with van der Waals surface area (Å²) in [5.74, 6) is -0.212. The van der Waals surface area contributed by atoms with Gasteiger partial charge >= 0.3 is 0 Å². The largest absolute Gasteiger partial charge is 0.351 e. The Kier molecular flexibility index (Phi) is 4.18. The zero-order valence-electron chi connectivity index (χ0n) is 8.42. The number of aryl methyl sites for hydroxylation is 1. The lowest BCUT2D eigenvalue weighted by Gasteiger charge is -2.00. The predicted octanol–water partition coefficient (Wildman–Crippen LogP) is 0.850. The molecule has 1 N–H and O–H groups in total. The maximum absolute atomic E-state index is 11.4. The second kappa shape index (κ2) is 5.66. The van der Waals surface area contributed by atoms with Crippen molar-refractivity contribution in [3.05, 3.63) is 28.4 Å². The Hall–Kier alpha value is -2.01. The van der Waals surface area contributed by atoms with Crippen LogP contribution in [0.4, 0.5) is 0 Å². The molecule has 0 aromatic carbocycles. The van der Waals surface area contributed by atoms with Crippen LogP contribution in [-0.4, -0.2) is 28.8 Å². The third-order valence-electron chi connectivity index (χ3n) is 1.73. The van der Waals surface area contributed by atoms with Crippen LogP contribution in [0.3, 0.4) is 0 Å². The van der Waals surface area contributed by atoms with E-state index in [0.717, 1.165) is 0 Å². The van der Waals surface area contributed by atoms with Gasteiger partial charge in [0.2, 0.25) is 0 Å². The number of hydrogen-bond donors (Lipinski definition) is 1. The topological polar surface area (TPSA) is 95.7 Å². The van der Waals surface area contributed by atoms with Crippen molar-refractivity contribution < 1.29 is 4.79 Å². The Bertz CT molecular complexity index is 378. The van der Waals surface area contributed by atoms with Crippen LogP contribution in [0.5, 0.6) is 0 Å². The molecule has 0 radical (unpaired) electrons. The Morgan fingerprint density at radius 2 is 2.60 bits per heavy atom. The quantitative estimate of drug-likeness (QED) is 0.336. The Morgan fingerprint density at radius 3 is 3.20 bits per heavy atom. The van der Waals surface area contributed by atoms with Crippen molar-refractivity contribution in [1.29, 1.82) is 0 Å². The van der Waals surface area contributed by atoms with Gasteiger partial charge in [0.25, 0.3) is 5.91 Å². The van der Waals surface area contributed by atoms with E-state index in [-0.39, 0.29) is 5.91 Å². The summed E-state index contributed by atoms with van der Waals surface area (Å²) in [6.07, 6.45) is 2.33. The summed E-state index contributed by atoms with van der Waals surface area (Å²) in [5.41, 5.74) is 8.40. The van der Waals surface area contributed by atoms with Gasteiger partial charge in [-0.25, -0.2) is 0 Å². The molecule has 1 aromatic rings. The van der Waals surface area contributed by atoms with Gasteiger partial charge in [-0.3, -0.25) is 9.48 Å². The van der Waals surface area contributed by atoms with Gasteiger partial charge in [-0.15, -0.1) is 0 Å². The van der Waals surface area contributed by atoms with Gasteiger partial charge in [0.1, 0.15) is 5.69 Å². The van der Waals surface area contributed by atoms with E-state index in [4.69, 9.17) is 5.53 Å². The molecular weight excluding hydrogens is 196 g/mol. The van der Waals surface area contributed by atoms with Crippen LogP contribution in [0.15, 0.2) is 17.4 Å². The summed E-state index contributed by atoms with van der Waals surface area (Å²) in [6.45, 7) is 0.868. The van der Waals surface area contributed by atoms with Crippen molar-refractivity contribution in [3.63, 3.8) is 0 Å². The summed E-state index contributed by atoms with van der Waals surface area (Å²) in [5, 5.41) is 9.98. The third-order valence-corrected chi connectivity index (χ3v) is 1.73. The number of carbonyl (C=O) groups is 1. The molecule has 0 spiro atoms. The molecule has 1 rings (SSSR count). The summed E-state index contributed by atoms with van der Waals surface area (Å²) in [6, 6.07) is 1.64. The van der Waals surface area contributed by atoms with Crippen molar-refractivity contribution in [2.45, 2.75) is 6.42 Å². The van der Waals surface area contributed by atoms with Crippen molar-refractivity contribution >= 4 is 5.91 Å². The number of rotatable bonds is 5. The highest BCUT2D eigenvalue weighted by molar-refractivity contribution is 5.92. The van der Waals surface area contributed by atoms with E-state index in [2.05, 4.69) is 20.4 Å². The van der Waals surface area contributed by atoms with Gasteiger partial charge in [0.05, 0.1) is 0 Å². The molecule has 0 aliphatic heterocycles. The second-order valence-electron chi connectivity index (χ2n) is 2.94. The molecule has 0 saturated heterocycles. The first-order valence-corrected chi connectivity index (χ1v) is 4.52. The lowest BCUT2D eigenvalue weighted by atomic mass is 10.4. The smallest absolute Gasteiger partial charge is 0.271 e. The van der Waals surface area contributed by atoms with Gasteiger partial charge in [-0.1, -0.05) is 5.11 Å². The summed E-state index contributed by atoms with van der Waals surface area (Å²) in [4.78, 5) is 14.0. The van der Waals surface area contributed by atoms with Crippen LogP contribution in [0.25, 0.3) is 10.4 Å². The van der Waals surface area contributed by atoms with Gasteiger partial charge in [0.15, 0.2) is 0 Å². The van der Waals surface area contributed by atoms with Crippen molar-refractivity contribution in [1.82, 2.24) is 15.1 Å². The van der Waals surface area contributed by atoms with Crippen LogP contribution in [-0.2, 0) is 7.05 Å². The maximum atomic E-state index is 11.4. The van der Waals surface area contributed by atoms with E-state index in [9.17, 15) is 4.79 Å². The van der Waals surface area contributed by atoms with Crippen LogP contribution in [0.1, 0.15) is 16.9 Å². The van der Waals surface area contributed by atoms with Crippen LogP contribution < -0.4 is 5.32 Å². The molecule has 0 fully saturated rings. The van der Waals surface area contributed by atoms with Crippen molar-refractivity contribution in [2.75, 3.05) is 13.1 Å². The molecule has 7 heteroatoms. The Morgan fingerprint density at radius 1 is 1.80 bits per heavy atom. The highest BCUT2D eigenvalue weighted by Gasteiger charge is 2.06. The number of azide groups is 1. The zero-order valence-corrected chi connectivity index (χ0v) is 8.42. The lowest BCUT2D eigenvalue weighted by Crippen LogP contribution is -2.25. The molecule has 0 aliphatic rings. The molecule has 1 heterocycles. The van der Waals surface area contributed by atoms with E-state index in [1.807, 2.05) is 0 Å². The lowest BCUT2D eigenvalue weighted by molar-refractivity contribution is 0.0948. The number of nitrogens with one attached hydrogen (secondary N) is 1. The first kappa shape index (κ1) is 11.1. The van der Waals surface area contributed by atoms with E-state index in [1.54, 1.807) is 24.0 Å². The van der Waals surface area contributed by atoms with E-state index < -0.39 is 0 Å². The number of nitrogens with zero attached hydrogens (tertiary/aromatic N) is 5. The van der Waals surface area contributed by atoms with Crippen molar-refractivity contribution in [2.24, 2.45) is 12.2 Å². The monoisotopic (exact) mass is 208 g/mol. The first-order valence-electron chi connectivity index (χ1n) is 4.52. The normalized spacial score (nSPS) is 9.40. The zero-order chi connectivity index (χ0) is 11.1. The standard InChI is InChI=1S/C8H12N6O/c1-14-6-3-7(12-14)8(15)10-4-2-5-11-13-9/h3,6H,2,4-5H2,1H3,(H,10,15). The third kappa shape index (κ3) is 3.70. The minimum Gasteiger partial charge on any atom is -0.351 e. The van der Waals surface area contributed by atoms with Crippen LogP contribution in [0.2, 0.25) is 0 Å². The molecule has 0 unspecified atom stereocenters. The number of hydrogen-bond acceptors (Lipinski definition) is 3. The SMILES string of the molecule is Cn1ccc(C(=O)NCCCN=[N+]=[N-])n1. The minimum absolute atomic E-state index is 0.212. The summed E-state index contributed by atoms with van der Waals surface area (Å²) in [7, 11) is 1.75. The maximum Gasteiger partial charge on any atom is 0.271 e. The molecule has 1 amide bonds. The number of aromatic nitrogens is 2. The van der Waals surface area contributed by atoms with Gasteiger partial charge in [-0.05, 0) is 18.0 Å². The number of amides is 1. The van der Waals surface area contributed by atoms with Gasteiger partial charge in [-0.2, -0.15) is 5.10 Å². The molecule has 0 bridgehead atoms. The Balaban J connectivity index is 2.27. The van der Waals surface area contributed by atoms with Crippen molar-refractivity contribution in [3.8, 4) is 0 Å². The second-order valence-corrected chi connectivity index (χ2v) is 2.94. The van der Waals surface area contributed by atoms with Gasteiger partial charge in [0, 0.05) is 31.2 Å². The fourth-order valence-corrected chi connectivity index (χ4v) is 1.02. The molecule has 0 saturated carbocycles. The van der Waals surface area contributed by atoms with E-state index >= 15 is 0 Å². The molecule has 15 heavy (non-hydrogen) atoms. The fourth-order valence-electron chi connectivity index (χ4n) is 1.02. The molecule has 0 aliphatic carbocycles. The fraction of sp³-hybridized carbons (Fsp3) is 0.500.